The molecule has 3 nitrogen and oxygen atoms in total. The number of benzene rings is 1. The maximum absolute atomic E-state index is 8.86. The van der Waals surface area contributed by atoms with Gasteiger partial charge in [-0.2, -0.15) is 5.26 Å². The van der Waals surface area contributed by atoms with Crippen molar-refractivity contribution < 1.29 is 4.74 Å². The van der Waals surface area contributed by atoms with E-state index in [2.05, 4.69) is 36.5 Å². The molecule has 1 aromatic carbocycles. The number of hydrogen-bond donors (Lipinski definition) is 1. The van der Waals surface area contributed by atoms with Crippen LogP contribution in [0, 0.1) is 16.7 Å². The van der Waals surface area contributed by atoms with Gasteiger partial charge < -0.3 is 10.1 Å². The maximum Gasteiger partial charge on any atom is 0.119 e. The van der Waals surface area contributed by atoms with Crippen molar-refractivity contribution >= 4 is 0 Å². The van der Waals surface area contributed by atoms with Crippen molar-refractivity contribution in [2.24, 2.45) is 5.41 Å². The van der Waals surface area contributed by atoms with E-state index in [1.165, 1.54) is 24.0 Å². The summed E-state index contributed by atoms with van der Waals surface area (Å²) >= 11 is 0. The molecular weight excluding hydrogens is 260 g/mol. The minimum Gasteiger partial charge on any atom is -0.493 e. The van der Waals surface area contributed by atoms with Gasteiger partial charge >= 0.3 is 0 Å². The molecule has 0 bridgehead atoms. The van der Waals surface area contributed by atoms with E-state index in [4.69, 9.17) is 10.00 Å². The smallest absolute Gasteiger partial charge is 0.119 e. The predicted molar refractivity (Wildman–Crippen MR) is 83.2 cm³/mol. The molecule has 0 saturated heterocycles. The highest BCUT2D eigenvalue weighted by molar-refractivity contribution is 5.39. The van der Waals surface area contributed by atoms with Crippen molar-refractivity contribution in [2.75, 3.05) is 13.2 Å². The summed E-state index contributed by atoms with van der Waals surface area (Å²) in [6.07, 6.45) is 6.51. The summed E-state index contributed by atoms with van der Waals surface area (Å²) in [5.74, 6) is 0.968. The fourth-order valence-corrected chi connectivity index (χ4v) is 3.29. The van der Waals surface area contributed by atoms with Gasteiger partial charge in [0.15, 0.2) is 0 Å². The average molecular weight is 284 g/mol. The minimum absolute atomic E-state index is 0.150. The van der Waals surface area contributed by atoms with Gasteiger partial charge in [0.25, 0.3) is 0 Å². The van der Waals surface area contributed by atoms with Gasteiger partial charge in [-0.25, -0.2) is 0 Å². The summed E-state index contributed by atoms with van der Waals surface area (Å²) in [7, 11) is 0. The van der Waals surface area contributed by atoms with Crippen LogP contribution in [-0.4, -0.2) is 13.2 Å². The standard InChI is InChI=1S/C18H24N2O/c1-2-20-17-5-3-4-14-12-15(6-7-16(14)17)21-13-18(8-9-18)10-11-19/h6-7,12,17,20H,2-5,8-10,13H2,1H3. The molecule has 0 aliphatic heterocycles. The van der Waals surface area contributed by atoms with Gasteiger partial charge in [-0.05, 0) is 61.9 Å². The Morgan fingerprint density at radius 3 is 3.00 bits per heavy atom. The Morgan fingerprint density at radius 1 is 1.43 bits per heavy atom. The third-order valence-corrected chi connectivity index (χ3v) is 4.84. The van der Waals surface area contributed by atoms with Gasteiger partial charge in [-0.15, -0.1) is 0 Å². The number of nitrogens with one attached hydrogen (secondary N) is 1. The molecule has 1 saturated carbocycles. The first-order valence-electron chi connectivity index (χ1n) is 8.12. The van der Waals surface area contributed by atoms with E-state index in [1.807, 2.05) is 0 Å². The van der Waals surface area contributed by atoms with E-state index in [-0.39, 0.29) is 5.41 Å². The molecule has 1 aromatic rings. The Bertz CT molecular complexity index is 543. The Balaban J connectivity index is 1.67. The highest BCUT2D eigenvalue weighted by atomic mass is 16.5. The summed E-state index contributed by atoms with van der Waals surface area (Å²) in [5, 5.41) is 12.4. The lowest BCUT2D eigenvalue weighted by Crippen LogP contribution is -2.24. The molecule has 1 unspecified atom stereocenters. The Labute approximate surface area is 127 Å². The van der Waals surface area contributed by atoms with Crippen molar-refractivity contribution in [3.63, 3.8) is 0 Å². The van der Waals surface area contributed by atoms with Crippen molar-refractivity contribution in [1.29, 1.82) is 5.26 Å². The van der Waals surface area contributed by atoms with E-state index in [0.29, 0.717) is 19.1 Å². The molecule has 112 valence electrons. The first kappa shape index (κ1) is 14.4. The van der Waals surface area contributed by atoms with Crippen molar-refractivity contribution in [1.82, 2.24) is 5.32 Å². The molecule has 1 N–H and O–H groups in total. The van der Waals surface area contributed by atoms with E-state index < -0.39 is 0 Å². The van der Waals surface area contributed by atoms with Gasteiger partial charge in [0.1, 0.15) is 5.75 Å². The predicted octanol–water partition coefficient (Wildman–Crippen LogP) is 3.75. The zero-order valence-corrected chi connectivity index (χ0v) is 12.8. The topological polar surface area (TPSA) is 45.0 Å². The van der Waals surface area contributed by atoms with Gasteiger partial charge in [0.05, 0.1) is 12.7 Å². The second kappa shape index (κ2) is 6.07. The second-order valence-electron chi connectivity index (χ2n) is 6.49. The summed E-state index contributed by atoms with van der Waals surface area (Å²) in [5.41, 5.74) is 3.01. The molecule has 1 fully saturated rings. The first-order chi connectivity index (χ1) is 10.3. The minimum atomic E-state index is 0.150. The average Bonchev–Trinajstić information content (AvgIpc) is 3.26. The lowest BCUT2D eigenvalue weighted by Gasteiger charge is -2.26. The Hall–Kier alpha value is -1.53. The molecule has 0 radical (unpaired) electrons. The second-order valence-corrected chi connectivity index (χ2v) is 6.49. The fourth-order valence-electron chi connectivity index (χ4n) is 3.29. The van der Waals surface area contributed by atoms with Crippen LogP contribution in [0.15, 0.2) is 18.2 Å². The van der Waals surface area contributed by atoms with E-state index in [1.54, 1.807) is 0 Å². The molecule has 0 amide bonds. The molecule has 1 atom stereocenters. The van der Waals surface area contributed by atoms with Gasteiger partial charge in [0, 0.05) is 17.9 Å². The Morgan fingerprint density at radius 2 is 2.29 bits per heavy atom. The van der Waals surface area contributed by atoms with Crippen LogP contribution in [0.4, 0.5) is 0 Å². The van der Waals surface area contributed by atoms with Crippen molar-refractivity contribution in [3.05, 3.63) is 29.3 Å². The van der Waals surface area contributed by atoms with Crippen molar-refractivity contribution in [3.8, 4) is 11.8 Å². The van der Waals surface area contributed by atoms with E-state index in [0.717, 1.165) is 31.6 Å². The first-order valence-corrected chi connectivity index (χ1v) is 8.12. The third-order valence-electron chi connectivity index (χ3n) is 4.84. The molecule has 0 heterocycles. The zero-order valence-electron chi connectivity index (χ0n) is 12.8. The number of aryl methyl sites for hydroxylation is 1. The normalized spacial score (nSPS) is 22.2. The van der Waals surface area contributed by atoms with Crippen LogP contribution < -0.4 is 10.1 Å². The molecule has 2 aliphatic carbocycles. The molecule has 0 spiro atoms. The number of nitrogens with zero attached hydrogens (tertiary/aromatic N) is 1. The summed E-state index contributed by atoms with van der Waals surface area (Å²) in [4.78, 5) is 0. The number of nitriles is 1. The summed E-state index contributed by atoms with van der Waals surface area (Å²) in [6, 6.07) is 9.32. The monoisotopic (exact) mass is 284 g/mol. The molecule has 3 rings (SSSR count). The van der Waals surface area contributed by atoms with Crippen molar-refractivity contribution in [2.45, 2.75) is 51.5 Å². The number of hydrogen-bond acceptors (Lipinski definition) is 3. The zero-order chi connectivity index (χ0) is 14.7. The molecule has 3 heteroatoms. The van der Waals surface area contributed by atoms with Crippen LogP contribution in [0.5, 0.6) is 5.75 Å². The summed E-state index contributed by atoms with van der Waals surface area (Å²) < 4.78 is 5.98. The quantitative estimate of drug-likeness (QED) is 0.865. The maximum atomic E-state index is 8.86. The van der Waals surface area contributed by atoms with Gasteiger partial charge in [0.2, 0.25) is 0 Å². The third kappa shape index (κ3) is 3.22. The Kier molecular flexibility index (Phi) is 4.17. The highest BCUT2D eigenvalue weighted by Crippen LogP contribution is 2.48. The number of rotatable bonds is 6. The van der Waals surface area contributed by atoms with Crippen LogP contribution >= 0.6 is 0 Å². The largest absolute Gasteiger partial charge is 0.493 e. The molecule has 21 heavy (non-hydrogen) atoms. The van der Waals surface area contributed by atoms with Crippen LogP contribution in [0.3, 0.4) is 0 Å². The fraction of sp³-hybridized carbons (Fsp3) is 0.611. The van der Waals surface area contributed by atoms with E-state index in [9.17, 15) is 0 Å². The molecular formula is C18H24N2O. The number of ether oxygens (including phenoxy) is 1. The molecule has 2 aliphatic rings. The van der Waals surface area contributed by atoms with Crippen LogP contribution in [-0.2, 0) is 6.42 Å². The summed E-state index contributed by atoms with van der Waals surface area (Å²) in [6.45, 7) is 3.87. The van der Waals surface area contributed by atoms with Crippen LogP contribution in [0.25, 0.3) is 0 Å². The van der Waals surface area contributed by atoms with Gasteiger partial charge in [-0.3, -0.25) is 0 Å². The van der Waals surface area contributed by atoms with E-state index >= 15 is 0 Å². The van der Waals surface area contributed by atoms with Crippen LogP contribution in [0.2, 0.25) is 0 Å². The molecule has 0 aromatic heterocycles. The lowest BCUT2D eigenvalue weighted by molar-refractivity contribution is 0.236. The van der Waals surface area contributed by atoms with Crippen LogP contribution in [0.1, 0.15) is 56.2 Å². The van der Waals surface area contributed by atoms with Gasteiger partial charge in [-0.1, -0.05) is 13.0 Å². The SMILES string of the molecule is CCNC1CCCc2cc(OCC3(CC#N)CC3)ccc21. The highest BCUT2D eigenvalue weighted by Gasteiger charge is 2.43. The lowest BCUT2D eigenvalue weighted by atomic mass is 9.87. The number of fused-ring (bicyclic) bond motifs is 1.